The van der Waals surface area contributed by atoms with Crippen molar-refractivity contribution in [2.24, 2.45) is 0 Å². The van der Waals surface area contributed by atoms with Crippen LogP contribution in [0.2, 0.25) is 0 Å². The number of anilines is 1. The van der Waals surface area contributed by atoms with Gasteiger partial charge >= 0.3 is 0 Å². The van der Waals surface area contributed by atoms with Crippen molar-refractivity contribution >= 4 is 28.8 Å². The maximum Gasteiger partial charge on any atom is 0.209 e. The van der Waals surface area contributed by atoms with Crippen molar-refractivity contribution in [2.75, 3.05) is 18.0 Å². The van der Waals surface area contributed by atoms with Gasteiger partial charge in [-0.05, 0) is 87.9 Å². The predicted octanol–water partition coefficient (Wildman–Crippen LogP) is 10.5. The highest BCUT2D eigenvalue weighted by molar-refractivity contribution is 8.03. The van der Waals surface area contributed by atoms with Gasteiger partial charge in [0.2, 0.25) is 5.69 Å². The van der Waals surface area contributed by atoms with E-state index in [0.29, 0.717) is 0 Å². The molecule has 2 nitrogen and oxygen atoms in total. The molecule has 6 rings (SSSR count). The fourth-order valence-electron chi connectivity index (χ4n) is 7.28. The standard InChI is InChI=1S/C40H45N2S/c1-7-41-34-23-14-12-21-32(34)39(3,4)36(41)27-25-29-17-16-18-30(38(29)43-31-19-10-9-11-20-31)26-28-37-40(5,6)33-22-13-15-24-35(33)42(37)8-2/h9-15,19-28H,7-8,16-18H2,1-6H3/q+1. The van der Waals surface area contributed by atoms with Crippen molar-refractivity contribution in [3.8, 4) is 0 Å². The van der Waals surface area contributed by atoms with E-state index in [0.717, 1.165) is 25.9 Å². The molecule has 220 valence electrons. The van der Waals surface area contributed by atoms with Crippen LogP contribution in [-0.4, -0.2) is 23.4 Å². The van der Waals surface area contributed by atoms with E-state index in [9.17, 15) is 0 Å². The molecule has 0 unspecified atom stereocenters. The van der Waals surface area contributed by atoms with E-state index in [2.05, 4.69) is 154 Å². The van der Waals surface area contributed by atoms with Gasteiger partial charge in [0.15, 0.2) is 5.71 Å². The van der Waals surface area contributed by atoms with Gasteiger partial charge in [-0.15, -0.1) is 0 Å². The van der Waals surface area contributed by atoms with E-state index in [-0.39, 0.29) is 10.8 Å². The van der Waals surface area contributed by atoms with Crippen molar-refractivity contribution in [1.29, 1.82) is 0 Å². The quantitative estimate of drug-likeness (QED) is 0.254. The molecule has 3 aromatic rings. The van der Waals surface area contributed by atoms with Crippen LogP contribution in [0.25, 0.3) is 0 Å². The van der Waals surface area contributed by atoms with Crippen LogP contribution < -0.4 is 4.90 Å². The SMILES string of the molecule is CCN1/C(=C/C=C2CCCC(C=CC3=[N+](CC)c4ccccc4C3(C)C)=C2Sc2ccccc2)C(C)(C)c2ccccc21. The zero-order valence-electron chi connectivity index (χ0n) is 26.7. The Balaban J connectivity index is 1.43. The number of likely N-dealkylation sites (N-methyl/N-ethyl adjacent to an activating group) is 1. The number of fused-ring (bicyclic) bond motifs is 2. The summed E-state index contributed by atoms with van der Waals surface area (Å²) in [6, 6.07) is 28.7. The number of hydrogen-bond donors (Lipinski definition) is 0. The highest BCUT2D eigenvalue weighted by atomic mass is 32.2. The first kappa shape index (κ1) is 29.5. The average Bonchev–Trinajstić information content (AvgIpc) is 3.38. The van der Waals surface area contributed by atoms with Crippen LogP contribution in [0.4, 0.5) is 11.4 Å². The summed E-state index contributed by atoms with van der Waals surface area (Å²) in [6.45, 7) is 15.9. The van der Waals surface area contributed by atoms with E-state index in [1.54, 1.807) is 0 Å². The van der Waals surface area contributed by atoms with Crippen LogP contribution in [0.5, 0.6) is 0 Å². The number of hydrogen-bond acceptors (Lipinski definition) is 2. The molecule has 0 N–H and O–H groups in total. The molecule has 0 atom stereocenters. The Kier molecular flexibility index (Phi) is 8.13. The van der Waals surface area contributed by atoms with Gasteiger partial charge in [0.1, 0.15) is 6.54 Å². The normalized spacial score (nSPS) is 20.9. The van der Waals surface area contributed by atoms with Gasteiger partial charge in [-0.3, -0.25) is 0 Å². The maximum atomic E-state index is 2.50. The number of thioether (sulfide) groups is 1. The summed E-state index contributed by atoms with van der Waals surface area (Å²) in [5.74, 6) is 0. The van der Waals surface area contributed by atoms with Crippen LogP contribution >= 0.6 is 11.8 Å². The molecular weight excluding hydrogens is 541 g/mol. The first-order valence-corrected chi connectivity index (χ1v) is 16.8. The van der Waals surface area contributed by atoms with Gasteiger partial charge in [-0.2, -0.15) is 4.58 Å². The Bertz CT molecular complexity index is 1680. The second-order valence-corrected chi connectivity index (χ2v) is 13.9. The number of nitrogens with zero attached hydrogens (tertiary/aromatic N) is 2. The molecule has 1 aliphatic carbocycles. The zero-order valence-corrected chi connectivity index (χ0v) is 27.5. The molecule has 43 heavy (non-hydrogen) atoms. The second-order valence-electron chi connectivity index (χ2n) is 12.9. The van der Waals surface area contributed by atoms with Crippen molar-refractivity contribution in [3.63, 3.8) is 0 Å². The third-order valence-corrected chi connectivity index (χ3v) is 10.8. The largest absolute Gasteiger partial charge is 0.344 e. The molecule has 0 aromatic heterocycles. The fourth-order valence-corrected chi connectivity index (χ4v) is 8.41. The lowest BCUT2D eigenvalue weighted by Gasteiger charge is -2.26. The molecule has 2 heterocycles. The summed E-state index contributed by atoms with van der Waals surface area (Å²) in [6.07, 6.45) is 13.1. The van der Waals surface area contributed by atoms with Gasteiger partial charge in [0.25, 0.3) is 0 Å². The summed E-state index contributed by atoms with van der Waals surface area (Å²) in [5.41, 5.74) is 11.1. The first-order chi connectivity index (χ1) is 20.8. The third-order valence-electron chi connectivity index (χ3n) is 9.55. The summed E-state index contributed by atoms with van der Waals surface area (Å²) < 4.78 is 2.50. The van der Waals surface area contributed by atoms with Gasteiger partial charge < -0.3 is 4.90 Å². The van der Waals surface area contributed by atoms with Gasteiger partial charge in [-0.25, -0.2) is 0 Å². The summed E-state index contributed by atoms with van der Waals surface area (Å²) in [7, 11) is 0. The third kappa shape index (κ3) is 5.27. The van der Waals surface area contributed by atoms with Gasteiger partial charge in [0.05, 0.1) is 5.41 Å². The van der Waals surface area contributed by atoms with Crippen LogP contribution in [0.15, 0.2) is 130 Å². The van der Waals surface area contributed by atoms with Crippen LogP contribution in [0.1, 0.15) is 71.9 Å². The first-order valence-electron chi connectivity index (χ1n) is 15.9. The van der Waals surface area contributed by atoms with E-state index < -0.39 is 0 Å². The zero-order chi connectivity index (χ0) is 30.2. The lowest BCUT2D eigenvalue weighted by molar-refractivity contribution is -0.433. The second kappa shape index (κ2) is 11.8. The molecule has 2 aliphatic heterocycles. The van der Waals surface area contributed by atoms with Gasteiger partial charge in [-0.1, -0.05) is 92.4 Å². The molecular formula is C40H45N2S+. The predicted molar refractivity (Wildman–Crippen MR) is 186 cm³/mol. The molecule has 0 saturated heterocycles. The highest BCUT2D eigenvalue weighted by Crippen LogP contribution is 2.48. The van der Waals surface area contributed by atoms with E-state index in [4.69, 9.17) is 0 Å². The van der Waals surface area contributed by atoms with Crippen molar-refractivity contribution in [3.05, 3.63) is 136 Å². The van der Waals surface area contributed by atoms with E-state index >= 15 is 0 Å². The summed E-state index contributed by atoms with van der Waals surface area (Å²) in [5, 5.41) is 0. The van der Waals surface area contributed by atoms with Crippen LogP contribution in [0, 0.1) is 0 Å². The molecule has 3 aliphatic rings. The average molecular weight is 586 g/mol. The Morgan fingerprint density at radius 2 is 1.47 bits per heavy atom. The van der Waals surface area contributed by atoms with Crippen molar-refractivity contribution in [2.45, 2.75) is 76.5 Å². The topological polar surface area (TPSA) is 6.25 Å². The molecule has 0 fully saturated rings. The Morgan fingerprint density at radius 1 is 0.767 bits per heavy atom. The number of rotatable bonds is 7. The molecule has 0 spiro atoms. The highest BCUT2D eigenvalue weighted by Gasteiger charge is 2.43. The lowest BCUT2D eigenvalue weighted by atomic mass is 9.81. The Hall–Kier alpha value is -3.56. The number of para-hydroxylation sites is 2. The minimum atomic E-state index is -0.0270. The molecule has 0 radical (unpaired) electrons. The van der Waals surface area contributed by atoms with Crippen molar-refractivity contribution in [1.82, 2.24) is 0 Å². The van der Waals surface area contributed by atoms with E-state index in [1.165, 1.54) is 61.3 Å². The van der Waals surface area contributed by atoms with Gasteiger partial charge in [0, 0.05) is 50.9 Å². The summed E-state index contributed by atoms with van der Waals surface area (Å²) >= 11 is 1.93. The number of allylic oxidation sites excluding steroid dienone is 7. The van der Waals surface area contributed by atoms with Crippen LogP contribution in [0.3, 0.4) is 0 Å². The monoisotopic (exact) mass is 585 g/mol. The lowest BCUT2D eigenvalue weighted by Crippen LogP contribution is -2.27. The molecule has 3 heteroatoms. The molecule has 0 bridgehead atoms. The molecule has 0 saturated carbocycles. The number of benzene rings is 3. The smallest absolute Gasteiger partial charge is 0.209 e. The van der Waals surface area contributed by atoms with Crippen molar-refractivity contribution < 1.29 is 4.58 Å². The van der Waals surface area contributed by atoms with E-state index in [1.807, 2.05) is 11.8 Å². The Morgan fingerprint density at radius 3 is 2.21 bits per heavy atom. The van der Waals surface area contributed by atoms with Crippen LogP contribution in [-0.2, 0) is 10.8 Å². The molecule has 3 aromatic carbocycles. The molecule has 0 amide bonds. The minimum Gasteiger partial charge on any atom is -0.344 e. The Labute approximate surface area is 263 Å². The summed E-state index contributed by atoms with van der Waals surface area (Å²) in [4.78, 5) is 5.21. The fraction of sp³-hybridized carbons (Fsp3) is 0.325. The minimum absolute atomic E-state index is 0.0270. The maximum absolute atomic E-state index is 2.50.